The predicted octanol–water partition coefficient (Wildman–Crippen LogP) is 3.54. The molecule has 0 atom stereocenters. The summed E-state index contributed by atoms with van der Waals surface area (Å²) in [6, 6.07) is 5.00. The SMILES string of the molecule is CC(C)CCNS(=O)(=O)c1ccc(Br)cc1Br. The van der Waals surface area contributed by atoms with Crippen molar-refractivity contribution in [2.75, 3.05) is 6.54 Å². The molecule has 1 aromatic carbocycles. The second-order valence-corrected chi connectivity index (χ2v) is 7.66. The zero-order chi connectivity index (χ0) is 13.1. The van der Waals surface area contributed by atoms with Crippen molar-refractivity contribution >= 4 is 41.9 Å². The molecule has 0 aliphatic heterocycles. The molecular formula is C11H15Br2NO2S. The second kappa shape index (κ2) is 6.31. The van der Waals surface area contributed by atoms with Gasteiger partial charge in [-0.2, -0.15) is 0 Å². The number of sulfonamides is 1. The van der Waals surface area contributed by atoms with E-state index in [1.54, 1.807) is 18.2 Å². The standard InChI is InChI=1S/C11H15Br2NO2S/c1-8(2)5-6-14-17(15,16)11-4-3-9(12)7-10(11)13/h3-4,7-8,14H,5-6H2,1-2H3. The van der Waals surface area contributed by atoms with E-state index in [1.165, 1.54) is 0 Å². The lowest BCUT2D eigenvalue weighted by Gasteiger charge is -2.09. The summed E-state index contributed by atoms with van der Waals surface area (Å²) in [7, 11) is -3.42. The smallest absolute Gasteiger partial charge is 0.211 e. The first-order valence-corrected chi connectivity index (χ1v) is 8.34. The Hall–Kier alpha value is 0.0900. The zero-order valence-electron chi connectivity index (χ0n) is 9.70. The molecule has 1 N–H and O–H groups in total. The summed E-state index contributed by atoms with van der Waals surface area (Å²) in [6.07, 6.45) is 0.827. The fourth-order valence-electron chi connectivity index (χ4n) is 1.25. The van der Waals surface area contributed by atoms with Gasteiger partial charge in [0.05, 0.1) is 4.90 Å². The van der Waals surface area contributed by atoms with Gasteiger partial charge in [0.2, 0.25) is 10.0 Å². The lowest BCUT2D eigenvalue weighted by Crippen LogP contribution is -2.25. The van der Waals surface area contributed by atoms with Gasteiger partial charge in [-0.25, -0.2) is 13.1 Å². The number of hydrogen-bond acceptors (Lipinski definition) is 2. The van der Waals surface area contributed by atoms with Crippen LogP contribution in [-0.2, 0) is 10.0 Å². The molecule has 3 nitrogen and oxygen atoms in total. The van der Waals surface area contributed by atoms with E-state index in [2.05, 4.69) is 50.4 Å². The Morgan fingerprint density at radius 3 is 2.47 bits per heavy atom. The second-order valence-electron chi connectivity index (χ2n) is 4.16. The minimum atomic E-state index is -3.42. The van der Waals surface area contributed by atoms with E-state index >= 15 is 0 Å². The van der Waals surface area contributed by atoms with E-state index in [0.717, 1.165) is 10.9 Å². The van der Waals surface area contributed by atoms with Crippen LogP contribution in [0.25, 0.3) is 0 Å². The summed E-state index contributed by atoms with van der Waals surface area (Å²) in [5, 5.41) is 0. The number of hydrogen-bond donors (Lipinski definition) is 1. The van der Waals surface area contributed by atoms with E-state index in [-0.39, 0.29) is 4.90 Å². The van der Waals surface area contributed by atoms with E-state index in [1.807, 2.05) is 0 Å². The lowest BCUT2D eigenvalue weighted by atomic mass is 10.1. The van der Waals surface area contributed by atoms with Gasteiger partial charge in [-0.05, 0) is 46.5 Å². The highest BCUT2D eigenvalue weighted by Crippen LogP contribution is 2.25. The number of nitrogens with one attached hydrogen (secondary N) is 1. The monoisotopic (exact) mass is 383 g/mol. The van der Waals surface area contributed by atoms with Gasteiger partial charge >= 0.3 is 0 Å². The molecule has 1 rings (SSSR count). The average Bonchev–Trinajstić information content (AvgIpc) is 2.15. The van der Waals surface area contributed by atoms with Gasteiger partial charge in [-0.15, -0.1) is 0 Å². The van der Waals surface area contributed by atoms with Crippen LogP contribution in [-0.4, -0.2) is 15.0 Å². The minimum Gasteiger partial charge on any atom is -0.211 e. The van der Waals surface area contributed by atoms with Crippen molar-refractivity contribution in [3.05, 3.63) is 27.1 Å². The van der Waals surface area contributed by atoms with Gasteiger partial charge in [-0.1, -0.05) is 29.8 Å². The highest BCUT2D eigenvalue weighted by molar-refractivity contribution is 9.11. The number of halogens is 2. The average molecular weight is 385 g/mol. The van der Waals surface area contributed by atoms with Crippen molar-refractivity contribution < 1.29 is 8.42 Å². The highest BCUT2D eigenvalue weighted by atomic mass is 79.9. The first-order valence-electron chi connectivity index (χ1n) is 5.27. The van der Waals surface area contributed by atoms with Crippen molar-refractivity contribution in [3.63, 3.8) is 0 Å². The van der Waals surface area contributed by atoms with Gasteiger partial charge in [0.1, 0.15) is 0 Å². The third kappa shape index (κ3) is 4.69. The molecular weight excluding hydrogens is 370 g/mol. The quantitative estimate of drug-likeness (QED) is 0.843. The maximum absolute atomic E-state index is 12.0. The molecule has 1 aromatic rings. The third-order valence-corrected chi connectivity index (χ3v) is 5.13. The topological polar surface area (TPSA) is 46.2 Å². The van der Waals surface area contributed by atoms with Crippen molar-refractivity contribution in [2.24, 2.45) is 5.92 Å². The van der Waals surface area contributed by atoms with E-state index in [0.29, 0.717) is 16.9 Å². The Morgan fingerprint density at radius 2 is 1.94 bits per heavy atom. The molecule has 0 heterocycles. The Bertz CT molecular complexity index is 486. The summed E-state index contributed by atoms with van der Waals surface area (Å²) < 4.78 is 28.0. The van der Waals surface area contributed by atoms with Crippen LogP contribution in [0, 0.1) is 5.92 Å². The molecule has 0 spiro atoms. The predicted molar refractivity (Wildman–Crippen MR) is 76.5 cm³/mol. The summed E-state index contributed by atoms with van der Waals surface area (Å²) in [4.78, 5) is 0.268. The molecule has 0 saturated heterocycles. The van der Waals surface area contributed by atoms with Crippen LogP contribution in [0.15, 0.2) is 32.0 Å². The van der Waals surface area contributed by atoms with Crippen LogP contribution >= 0.6 is 31.9 Å². The van der Waals surface area contributed by atoms with E-state index < -0.39 is 10.0 Å². The summed E-state index contributed by atoms with van der Waals surface area (Å²) in [5.74, 6) is 0.478. The van der Waals surface area contributed by atoms with Crippen LogP contribution in [0.4, 0.5) is 0 Å². The first kappa shape index (κ1) is 15.1. The van der Waals surface area contributed by atoms with E-state index in [4.69, 9.17) is 0 Å². The maximum Gasteiger partial charge on any atom is 0.241 e. The molecule has 0 bridgehead atoms. The molecule has 0 aliphatic rings. The molecule has 17 heavy (non-hydrogen) atoms. The number of benzene rings is 1. The number of rotatable bonds is 5. The Balaban J connectivity index is 2.83. The molecule has 0 aromatic heterocycles. The molecule has 0 amide bonds. The molecule has 0 fully saturated rings. The minimum absolute atomic E-state index is 0.268. The van der Waals surface area contributed by atoms with Gasteiger partial charge in [0, 0.05) is 15.5 Å². The van der Waals surface area contributed by atoms with Crippen molar-refractivity contribution in [2.45, 2.75) is 25.2 Å². The largest absolute Gasteiger partial charge is 0.241 e. The third-order valence-electron chi connectivity index (χ3n) is 2.20. The maximum atomic E-state index is 12.0. The van der Waals surface area contributed by atoms with Gasteiger partial charge < -0.3 is 0 Å². The summed E-state index contributed by atoms with van der Waals surface area (Å²) in [5.41, 5.74) is 0. The molecule has 6 heteroatoms. The molecule has 0 aliphatic carbocycles. The Kier molecular flexibility index (Phi) is 5.63. The van der Waals surface area contributed by atoms with Crippen LogP contribution in [0.2, 0.25) is 0 Å². The summed E-state index contributed by atoms with van der Waals surface area (Å²) >= 11 is 6.54. The molecule has 0 saturated carbocycles. The fraction of sp³-hybridized carbons (Fsp3) is 0.455. The fourth-order valence-corrected chi connectivity index (χ4v) is 4.04. The van der Waals surface area contributed by atoms with Crippen molar-refractivity contribution in [3.8, 4) is 0 Å². The van der Waals surface area contributed by atoms with Crippen LogP contribution in [0.3, 0.4) is 0 Å². The molecule has 96 valence electrons. The summed E-state index contributed by atoms with van der Waals surface area (Å²) in [6.45, 7) is 4.58. The first-order chi connectivity index (χ1) is 7.83. The van der Waals surface area contributed by atoms with E-state index in [9.17, 15) is 8.42 Å². The van der Waals surface area contributed by atoms with Crippen LogP contribution in [0.1, 0.15) is 20.3 Å². The normalized spacial score (nSPS) is 12.1. The van der Waals surface area contributed by atoms with Crippen LogP contribution in [0.5, 0.6) is 0 Å². The Morgan fingerprint density at radius 1 is 1.29 bits per heavy atom. The van der Waals surface area contributed by atoms with Crippen molar-refractivity contribution in [1.29, 1.82) is 0 Å². The van der Waals surface area contributed by atoms with Gasteiger partial charge in [0.25, 0.3) is 0 Å². The molecule has 0 unspecified atom stereocenters. The highest BCUT2D eigenvalue weighted by Gasteiger charge is 2.17. The Labute approximate surface area is 119 Å². The van der Waals surface area contributed by atoms with Gasteiger partial charge in [0.15, 0.2) is 0 Å². The lowest BCUT2D eigenvalue weighted by molar-refractivity contribution is 0.551. The van der Waals surface area contributed by atoms with Crippen molar-refractivity contribution in [1.82, 2.24) is 4.72 Å². The zero-order valence-corrected chi connectivity index (χ0v) is 13.7. The molecule has 0 radical (unpaired) electrons. The van der Waals surface area contributed by atoms with Gasteiger partial charge in [-0.3, -0.25) is 0 Å². The van der Waals surface area contributed by atoms with Crippen LogP contribution < -0.4 is 4.72 Å².